The lowest BCUT2D eigenvalue weighted by molar-refractivity contribution is 0.0696. The van der Waals surface area contributed by atoms with E-state index in [1.165, 1.54) is 24.3 Å². The van der Waals surface area contributed by atoms with Crippen LogP contribution in [0.3, 0.4) is 0 Å². The average molecular weight is 545 g/mol. The number of nitrogens with one attached hydrogen (secondary N) is 1. The maximum Gasteiger partial charge on any atom is 0.335 e. The monoisotopic (exact) mass is 544 g/mol. The summed E-state index contributed by atoms with van der Waals surface area (Å²) in [6, 6.07) is 28.5. The Kier molecular flexibility index (Phi) is 6.73. The van der Waals surface area contributed by atoms with Gasteiger partial charge >= 0.3 is 5.97 Å². The zero-order valence-electron chi connectivity index (χ0n) is 22.1. The summed E-state index contributed by atoms with van der Waals surface area (Å²) in [4.78, 5) is 24.9. The first-order valence-corrected chi connectivity index (χ1v) is 13.1. The van der Waals surface area contributed by atoms with Crippen molar-refractivity contribution in [2.24, 2.45) is 0 Å². The summed E-state index contributed by atoms with van der Waals surface area (Å²) >= 11 is 0. The number of nitrogens with zero attached hydrogens (tertiary/aromatic N) is 3. The minimum atomic E-state index is -1.01. The molecule has 202 valence electrons. The lowest BCUT2D eigenvalue weighted by Crippen LogP contribution is -2.24. The number of halogens is 1. The predicted octanol–water partition coefficient (Wildman–Crippen LogP) is 6.47. The quantitative estimate of drug-likeness (QED) is 0.240. The van der Waals surface area contributed by atoms with E-state index >= 15 is 0 Å². The molecule has 0 bridgehead atoms. The molecule has 4 aromatic carbocycles. The number of fused-ring (bicyclic) bond motifs is 2. The number of benzene rings is 4. The van der Waals surface area contributed by atoms with Gasteiger partial charge in [0.15, 0.2) is 0 Å². The van der Waals surface area contributed by atoms with Crippen molar-refractivity contribution in [3.63, 3.8) is 0 Å². The van der Waals surface area contributed by atoms with Gasteiger partial charge in [0.05, 0.1) is 16.8 Å². The number of carboxylic acid groups (broad SMARTS) is 1. The second kappa shape index (κ2) is 10.7. The van der Waals surface area contributed by atoms with E-state index in [4.69, 9.17) is 5.11 Å². The molecule has 8 heteroatoms. The third kappa shape index (κ3) is 5.15. The standard InChI is InChI=1S/C33H25FN4O3/c1-20(25-11-10-22-4-2-3-5-26(22)16-25)30-31-29(32(39)35-18-21-6-8-24(9-7-21)33(40)41)17-27(19-38(31)37-36-30)23-12-14-28(34)15-13-23/h2-17,19-20H,18H2,1H3,(H,35,39)(H,40,41)/t20-/m0/s1. The number of hydrogen-bond acceptors (Lipinski definition) is 4. The number of aromatic nitrogens is 3. The van der Waals surface area contributed by atoms with Crippen LogP contribution in [0.15, 0.2) is 103 Å². The van der Waals surface area contributed by atoms with E-state index in [1.807, 2.05) is 19.1 Å². The van der Waals surface area contributed by atoms with Crippen molar-refractivity contribution in [3.05, 3.63) is 137 Å². The highest BCUT2D eigenvalue weighted by Crippen LogP contribution is 2.32. The molecule has 0 fully saturated rings. The van der Waals surface area contributed by atoms with Gasteiger partial charge in [0, 0.05) is 24.2 Å². The van der Waals surface area contributed by atoms with Crippen LogP contribution in [0.5, 0.6) is 0 Å². The Balaban J connectivity index is 1.40. The van der Waals surface area contributed by atoms with Gasteiger partial charge in [-0.1, -0.05) is 78.9 Å². The summed E-state index contributed by atoms with van der Waals surface area (Å²) in [5.74, 6) is -1.87. The van der Waals surface area contributed by atoms with Crippen LogP contribution in [-0.2, 0) is 6.54 Å². The molecule has 0 spiro atoms. The lowest BCUT2D eigenvalue weighted by atomic mass is 9.93. The minimum Gasteiger partial charge on any atom is -0.478 e. The SMILES string of the molecule is C[C@@H](c1ccc2ccccc2c1)c1nnn2cc(-c3ccc(F)cc3)cc(C(=O)NCc3ccc(C(=O)O)cc3)c12. The fourth-order valence-corrected chi connectivity index (χ4v) is 4.99. The number of carboxylic acids is 1. The van der Waals surface area contributed by atoms with Crippen LogP contribution in [0, 0.1) is 5.82 Å². The molecule has 0 saturated heterocycles. The lowest BCUT2D eigenvalue weighted by Gasteiger charge is -2.14. The molecule has 0 aliphatic carbocycles. The van der Waals surface area contributed by atoms with Crippen molar-refractivity contribution < 1.29 is 19.1 Å². The van der Waals surface area contributed by atoms with Gasteiger partial charge in [-0.3, -0.25) is 4.79 Å². The van der Waals surface area contributed by atoms with Gasteiger partial charge in [-0.25, -0.2) is 13.7 Å². The highest BCUT2D eigenvalue weighted by Gasteiger charge is 2.23. The maximum absolute atomic E-state index is 13.7. The predicted molar refractivity (Wildman–Crippen MR) is 154 cm³/mol. The number of aromatic carboxylic acids is 1. The topological polar surface area (TPSA) is 96.6 Å². The fourth-order valence-electron chi connectivity index (χ4n) is 4.99. The second-order valence-corrected chi connectivity index (χ2v) is 9.93. The Bertz CT molecular complexity index is 1910. The smallest absolute Gasteiger partial charge is 0.335 e. The van der Waals surface area contributed by atoms with E-state index in [-0.39, 0.29) is 29.8 Å². The van der Waals surface area contributed by atoms with E-state index in [0.717, 1.165) is 27.5 Å². The summed E-state index contributed by atoms with van der Waals surface area (Å²) in [6.07, 6.45) is 1.79. The van der Waals surface area contributed by atoms with Gasteiger partial charge < -0.3 is 10.4 Å². The minimum absolute atomic E-state index is 0.163. The van der Waals surface area contributed by atoms with Crippen LogP contribution in [0.4, 0.5) is 4.39 Å². The molecule has 2 heterocycles. The highest BCUT2D eigenvalue weighted by atomic mass is 19.1. The zero-order valence-corrected chi connectivity index (χ0v) is 22.1. The zero-order chi connectivity index (χ0) is 28.5. The summed E-state index contributed by atoms with van der Waals surface area (Å²) in [5, 5.41) is 23.2. The van der Waals surface area contributed by atoms with Crippen molar-refractivity contribution >= 4 is 28.2 Å². The van der Waals surface area contributed by atoms with Crippen LogP contribution in [-0.4, -0.2) is 31.8 Å². The Morgan fingerprint density at radius 2 is 1.63 bits per heavy atom. The van der Waals surface area contributed by atoms with Crippen molar-refractivity contribution in [1.29, 1.82) is 0 Å². The first-order chi connectivity index (χ1) is 19.9. The van der Waals surface area contributed by atoms with Crippen LogP contribution in [0.25, 0.3) is 27.4 Å². The van der Waals surface area contributed by atoms with Gasteiger partial charge in [-0.05, 0) is 57.8 Å². The number of amides is 1. The summed E-state index contributed by atoms with van der Waals surface area (Å²) in [6.45, 7) is 2.23. The molecule has 0 radical (unpaired) electrons. The molecular weight excluding hydrogens is 519 g/mol. The molecule has 1 amide bonds. The average Bonchev–Trinajstić information content (AvgIpc) is 3.43. The first-order valence-electron chi connectivity index (χ1n) is 13.1. The van der Waals surface area contributed by atoms with E-state index in [9.17, 15) is 14.0 Å². The Morgan fingerprint density at radius 3 is 2.37 bits per heavy atom. The summed E-state index contributed by atoms with van der Waals surface area (Å²) in [5.41, 5.74) is 4.99. The largest absolute Gasteiger partial charge is 0.478 e. The second-order valence-electron chi connectivity index (χ2n) is 9.93. The number of rotatable bonds is 7. The van der Waals surface area contributed by atoms with Gasteiger partial charge in [0.1, 0.15) is 11.3 Å². The summed E-state index contributed by atoms with van der Waals surface area (Å²) < 4.78 is 15.2. The number of carbonyl (C=O) groups excluding carboxylic acids is 1. The molecule has 6 aromatic rings. The van der Waals surface area contributed by atoms with Gasteiger partial charge in [-0.2, -0.15) is 0 Å². The molecule has 7 nitrogen and oxygen atoms in total. The van der Waals surface area contributed by atoms with Gasteiger partial charge in [-0.15, -0.1) is 5.10 Å². The Hall–Kier alpha value is -5.37. The third-order valence-electron chi connectivity index (χ3n) is 7.30. The van der Waals surface area contributed by atoms with E-state index in [2.05, 4.69) is 46.0 Å². The molecule has 0 aliphatic rings. The van der Waals surface area contributed by atoms with Crippen LogP contribution in [0.1, 0.15) is 50.4 Å². The van der Waals surface area contributed by atoms with Crippen molar-refractivity contribution in [2.45, 2.75) is 19.4 Å². The molecule has 6 rings (SSSR count). The summed E-state index contributed by atoms with van der Waals surface area (Å²) in [7, 11) is 0. The molecule has 2 N–H and O–H groups in total. The van der Waals surface area contributed by atoms with Crippen molar-refractivity contribution in [3.8, 4) is 11.1 Å². The van der Waals surface area contributed by atoms with E-state index in [1.54, 1.807) is 41.0 Å². The third-order valence-corrected chi connectivity index (χ3v) is 7.30. The van der Waals surface area contributed by atoms with Crippen molar-refractivity contribution in [2.75, 3.05) is 0 Å². The fraction of sp³-hybridized carbons (Fsp3) is 0.0909. The number of carbonyl (C=O) groups is 2. The van der Waals surface area contributed by atoms with Crippen molar-refractivity contribution in [1.82, 2.24) is 20.1 Å². The highest BCUT2D eigenvalue weighted by molar-refractivity contribution is 6.02. The normalized spacial score (nSPS) is 12.0. The van der Waals surface area contributed by atoms with Crippen LogP contribution >= 0.6 is 0 Å². The van der Waals surface area contributed by atoms with Crippen LogP contribution in [0.2, 0.25) is 0 Å². The Labute approximate surface area is 234 Å². The van der Waals surface area contributed by atoms with Gasteiger partial charge in [0.25, 0.3) is 5.91 Å². The van der Waals surface area contributed by atoms with Gasteiger partial charge in [0.2, 0.25) is 0 Å². The Morgan fingerprint density at radius 1 is 0.902 bits per heavy atom. The molecule has 41 heavy (non-hydrogen) atoms. The molecule has 0 aliphatic heterocycles. The molecule has 0 unspecified atom stereocenters. The molecular formula is C33H25FN4O3. The molecule has 0 saturated carbocycles. The molecule has 1 atom stereocenters. The number of hydrogen-bond donors (Lipinski definition) is 2. The first kappa shape index (κ1) is 25.9. The van der Waals surface area contributed by atoms with E-state index in [0.29, 0.717) is 22.3 Å². The van der Waals surface area contributed by atoms with Crippen LogP contribution < -0.4 is 5.32 Å². The number of pyridine rings is 1. The van der Waals surface area contributed by atoms with E-state index < -0.39 is 5.97 Å². The molecule has 2 aromatic heterocycles. The maximum atomic E-state index is 13.7.